The highest BCUT2D eigenvalue weighted by Gasteiger charge is 2.40. The average Bonchev–Trinajstić information content (AvgIpc) is 3.09. The summed E-state index contributed by atoms with van der Waals surface area (Å²) in [6.45, 7) is 3.11. The van der Waals surface area contributed by atoms with Crippen molar-refractivity contribution < 1.29 is 0 Å². The van der Waals surface area contributed by atoms with Gasteiger partial charge in [-0.25, -0.2) is 4.98 Å². The summed E-state index contributed by atoms with van der Waals surface area (Å²) in [6, 6.07) is 0.812. The maximum Gasteiger partial charge on any atom is 0.0897 e. The van der Waals surface area contributed by atoms with Crippen LogP contribution in [0.5, 0.6) is 0 Å². The van der Waals surface area contributed by atoms with E-state index in [0.717, 1.165) is 24.4 Å². The van der Waals surface area contributed by atoms with Gasteiger partial charge in [-0.3, -0.25) is 0 Å². The van der Waals surface area contributed by atoms with Gasteiger partial charge in [-0.05, 0) is 44.4 Å². The Morgan fingerprint density at radius 2 is 2.07 bits per heavy atom. The molecule has 3 rings (SSSR count). The lowest BCUT2D eigenvalue weighted by molar-refractivity contribution is 0.417. The first-order chi connectivity index (χ1) is 7.33. The van der Waals surface area contributed by atoms with E-state index in [9.17, 15) is 0 Å². The van der Waals surface area contributed by atoms with E-state index in [4.69, 9.17) is 0 Å². The number of thiazole rings is 1. The summed E-state index contributed by atoms with van der Waals surface area (Å²) in [5, 5.41) is 4.93. The van der Waals surface area contributed by atoms with Crippen LogP contribution in [0.1, 0.15) is 35.6 Å². The van der Waals surface area contributed by atoms with E-state index >= 15 is 0 Å². The molecule has 0 atom stereocenters. The topological polar surface area (TPSA) is 24.9 Å². The molecule has 1 aromatic rings. The van der Waals surface area contributed by atoms with Gasteiger partial charge in [0.15, 0.2) is 0 Å². The number of aryl methyl sites for hydroxylation is 1. The van der Waals surface area contributed by atoms with Gasteiger partial charge in [0.2, 0.25) is 0 Å². The van der Waals surface area contributed by atoms with Crippen molar-refractivity contribution in [2.45, 2.75) is 45.2 Å². The number of nitrogens with one attached hydrogen (secondary N) is 1. The van der Waals surface area contributed by atoms with Crippen LogP contribution in [0.3, 0.4) is 0 Å². The highest BCUT2D eigenvalue weighted by Crippen LogP contribution is 2.44. The minimum Gasteiger partial charge on any atom is -0.308 e. The molecule has 2 aliphatic carbocycles. The van der Waals surface area contributed by atoms with Crippen LogP contribution in [0.4, 0.5) is 0 Å². The van der Waals surface area contributed by atoms with Gasteiger partial charge in [0.25, 0.3) is 0 Å². The van der Waals surface area contributed by atoms with Crippen molar-refractivity contribution in [1.82, 2.24) is 10.3 Å². The van der Waals surface area contributed by atoms with Crippen molar-refractivity contribution in [3.8, 4) is 0 Å². The lowest BCUT2D eigenvalue weighted by Gasteiger charge is -2.16. The molecule has 1 N–H and O–H groups in total. The molecule has 1 heterocycles. The molecule has 0 radical (unpaired) electrons. The standard InChI is InChI=1S/C12H18N2S/c1-8-13-6-11(15-8)7-14-12(9-2-3-9)10-4-5-10/h6,9-10,12,14H,2-5,7H2,1H3. The van der Waals surface area contributed by atoms with Gasteiger partial charge in [0.1, 0.15) is 0 Å². The van der Waals surface area contributed by atoms with Crippen LogP contribution in [-0.4, -0.2) is 11.0 Å². The Kier molecular flexibility index (Phi) is 2.53. The van der Waals surface area contributed by atoms with Crippen LogP contribution >= 0.6 is 11.3 Å². The molecule has 15 heavy (non-hydrogen) atoms. The Balaban J connectivity index is 1.55. The molecule has 3 heteroatoms. The molecule has 0 amide bonds. The maximum absolute atomic E-state index is 4.29. The zero-order valence-corrected chi connectivity index (χ0v) is 10.0. The number of nitrogens with zero attached hydrogens (tertiary/aromatic N) is 1. The monoisotopic (exact) mass is 222 g/mol. The number of hydrogen-bond acceptors (Lipinski definition) is 3. The van der Waals surface area contributed by atoms with Gasteiger partial charge < -0.3 is 5.32 Å². The van der Waals surface area contributed by atoms with E-state index < -0.39 is 0 Å². The highest BCUT2D eigenvalue weighted by atomic mass is 32.1. The molecule has 1 aromatic heterocycles. The molecular weight excluding hydrogens is 204 g/mol. The zero-order valence-electron chi connectivity index (χ0n) is 9.20. The summed E-state index contributed by atoms with van der Waals surface area (Å²) in [5.74, 6) is 1.98. The van der Waals surface area contributed by atoms with E-state index in [-0.39, 0.29) is 0 Å². The van der Waals surface area contributed by atoms with Crippen molar-refractivity contribution >= 4 is 11.3 Å². The Morgan fingerprint density at radius 3 is 2.53 bits per heavy atom. The molecule has 0 spiro atoms. The minimum atomic E-state index is 0.812. The molecule has 0 saturated heterocycles. The SMILES string of the molecule is Cc1ncc(CNC(C2CC2)C2CC2)s1. The van der Waals surface area contributed by atoms with E-state index in [0.29, 0.717) is 0 Å². The van der Waals surface area contributed by atoms with Crippen molar-refractivity contribution in [3.63, 3.8) is 0 Å². The average molecular weight is 222 g/mol. The largest absolute Gasteiger partial charge is 0.308 e. The predicted octanol–water partition coefficient (Wildman–Crippen LogP) is 2.73. The molecule has 0 unspecified atom stereocenters. The smallest absolute Gasteiger partial charge is 0.0897 e. The Morgan fingerprint density at radius 1 is 1.40 bits per heavy atom. The first-order valence-corrected chi connectivity index (χ1v) is 6.79. The van der Waals surface area contributed by atoms with Crippen molar-refractivity contribution in [2.24, 2.45) is 11.8 Å². The van der Waals surface area contributed by atoms with Gasteiger partial charge >= 0.3 is 0 Å². The van der Waals surface area contributed by atoms with Crippen LogP contribution in [0.15, 0.2) is 6.20 Å². The first-order valence-electron chi connectivity index (χ1n) is 5.97. The fourth-order valence-electron chi connectivity index (χ4n) is 2.33. The van der Waals surface area contributed by atoms with Gasteiger partial charge in [-0.2, -0.15) is 0 Å². The number of aromatic nitrogens is 1. The number of rotatable bonds is 5. The quantitative estimate of drug-likeness (QED) is 0.828. The molecule has 0 bridgehead atoms. The normalized spacial score (nSPS) is 21.2. The molecular formula is C12H18N2S. The molecule has 2 saturated carbocycles. The molecule has 2 fully saturated rings. The third-order valence-electron chi connectivity index (χ3n) is 3.44. The molecule has 0 aromatic carbocycles. The fourth-order valence-corrected chi connectivity index (χ4v) is 3.08. The second kappa shape index (κ2) is 3.87. The van der Waals surface area contributed by atoms with Crippen molar-refractivity contribution in [1.29, 1.82) is 0 Å². The minimum absolute atomic E-state index is 0.812. The van der Waals surface area contributed by atoms with E-state index in [1.807, 2.05) is 17.5 Å². The summed E-state index contributed by atoms with van der Waals surface area (Å²) in [7, 11) is 0. The van der Waals surface area contributed by atoms with Crippen LogP contribution < -0.4 is 5.32 Å². The molecule has 2 nitrogen and oxygen atoms in total. The van der Waals surface area contributed by atoms with Crippen molar-refractivity contribution in [2.75, 3.05) is 0 Å². The van der Waals surface area contributed by atoms with E-state index in [2.05, 4.69) is 17.2 Å². The third kappa shape index (κ3) is 2.40. The van der Waals surface area contributed by atoms with Gasteiger partial charge in [-0.15, -0.1) is 11.3 Å². The highest BCUT2D eigenvalue weighted by molar-refractivity contribution is 7.11. The summed E-state index contributed by atoms with van der Waals surface area (Å²) >= 11 is 1.82. The molecule has 2 aliphatic rings. The molecule has 82 valence electrons. The summed E-state index contributed by atoms with van der Waals surface area (Å²) in [4.78, 5) is 5.68. The second-order valence-corrected chi connectivity index (χ2v) is 6.25. The van der Waals surface area contributed by atoms with Gasteiger partial charge in [-0.1, -0.05) is 0 Å². The third-order valence-corrected chi connectivity index (χ3v) is 4.35. The van der Waals surface area contributed by atoms with Gasteiger partial charge in [0.05, 0.1) is 5.01 Å². The summed E-state index contributed by atoms with van der Waals surface area (Å²) < 4.78 is 0. The van der Waals surface area contributed by atoms with E-state index in [1.54, 1.807) is 0 Å². The number of hydrogen-bond donors (Lipinski definition) is 1. The maximum atomic E-state index is 4.29. The Bertz CT molecular complexity index is 327. The predicted molar refractivity (Wildman–Crippen MR) is 62.9 cm³/mol. The first kappa shape index (κ1) is 9.79. The van der Waals surface area contributed by atoms with E-state index in [1.165, 1.54) is 35.6 Å². The van der Waals surface area contributed by atoms with Crippen molar-refractivity contribution in [3.05, 3.63) is 16.1 Å². The lowest BCUT2D eigenvalue weighted by atomic mass is 10.1. The Hall–Kier alpha value is -0.410. The lowest BCUT2D eigenvalue weighted by Crippen LogP contribution is -2.32. The zero-order chi connectivity index (χ0) is 10.3. The fraction of sp³-hybridized carbons (Fsp3) is 0.750. The van der Waals surface area contributed by atoms with Crippen LogP contribution in [0.2, 0.25) is 0 Å². The summed E-state index contributed by atoms with van der Waals surface area (Å²) in [6.07, 6.45) is 7.83. The van der Waals surface area contributed by atoms with Gasteiger partial charge in [0, 0.05) is 23.7 Å². The second-order valence-electron chi connectivity index (χ2n) is 4.93. The van der Waals surface area contributed by atoms with Crippen LogP contribution in [-0.2, 0) is 6.54 Å². The van der Waals surface area contributed by atoms with Crippen LogP contribution in [0.25, 0.3) is 0 Å². The summed E-state index contributed by atoms with van der Waals surface area (Å²) in [5.41, 5.74) is 0. The Labute approximate surface area is 95.1 Å². The van der Waals surface area contributed by atoms with Crippen LogP contribution in [0, 0.1) is 18.8 Å². The molecule has 0 aliphatic heterocycles.